The van der Waals surface area contributed by atoms with E-state index in [1.54, 1.807) is 0 Å². The van der Waals surface area contributed by atoms with Gasteiger partial charge >= 0.3 is 0 Å². The summed E-state index contributed by atoms with van der Waals surface area (Å²) in [5.41, 5.74) is 1.08. The molecule has 1 saturated heterocycles. The largest absolute Gasteiger partial charge is 0.341 e. The van der Waals surface area contributed by atoms with Gasteiger partial charge in [0.1, 0.15) is 0 Å². The number of halogens is 2. The first-order valence-electron chi connectivity index (χ1n) is 7.75. The summed E-state index contributed by atoms with van der Waals surface area (Å²) in [6.07, 6.45) is 3.01. The van der Waals surface area contributed by atoms with Crippen LogP contribution < -0.4 is 5.32 Å². The summed E-state index contributed by atoms with van der Waals surface area (Å²) in [5, 5.41) is 4.09. The van der Waals surface area contributed by atoms with Crippen molar-refractivity contribution in [2.45, 2.75) is 32.7 Å². The highest BCUT2D eigenvalue weighted by Crippen LogP contribution is 2.25. The monoisotopic (exact) mass is 344 g/mol. The predicted octanol–water partition coefficient (Wildman–Crippen LogP) is 3.75. The van der Waals surface area contributed by atoms with Gasteiger partial charge in [-0.05, 0) is 55.5 Å². The van der Waals surface area contributed by atoms with Crippen LogP contribution in [0.25, 0.3) is 0 Å². The van der Waals surface area contributed by atoms with Crippen LogP contribution in [-0.2, 0) is 11.3 Å². The molecule has 5 heteroatoms. The van der Waals surface area contributed by atoms with E-state index in [1.807, 2.05) is 36.2 Å². The molecule has 2 rings (SSSR count). The number of rotatable bonds is 5. The number of nitrogens with zero attached hydrogens (tertiary/aromatic N) is 1. The number of amides is 1. The van der Waals surface area contributed by atoms with Crippen molar-refractivity contribution < 1.29 is 4.79 Å². The molecule has 0 aromatic heterocycles. The fraction of sp³-hybridized carbons (Fsp3) is 0.588. The Hall–Kier alpha value is -0.770. The van der Waals surface area contributed by atoms with Crippen LogP contribution in [0.1, 0.15) is 31.7 Å². The Morgan fingerprint density at radius 1 is 1.41 bits per heavy atom. The summed E-state index contributed by atoms with van der Waals surface area (Å²) in [5.74, 6) is 1.36. The Morgan fingerprint density at radius 2 is 2.09 bits per heavy atom. The van der Waals surface area contributed by atoms with Gasteiger partial charge in [-0.15, -0.1) is 12.4 Å². The molecule has 1 amide bonds. The Morgan fingerprint density at radius 3 is 2.73 bits per heavy atom. The highest BCUT2D eigenvalue weighted by molar-refractivity contribution is 6.30. The zero-order chi connectivity index (χ0) is 15.2. The third-order valence-corrected chi connectivity index (χ3v) is 4.65. The first-order chi connectivity index (χ1) is 10.1. The van der Waals surface area contributed by atoms with E-state index in [4.69, 9.17) is 11.6 Å². The number of piperidine rings is 1. The van der Waals surface area contributed by atoms with Gasteiger partial charge in [-0.1, -0.05) is 30.7 Å². The predicted molar refractivity (Wildman–Crippen MR) is 94.5 cm³/mol. The normalized spacial score (nSPS) is 16.7. The number of hydrogen-bond donors (Lipinski definition) is 1. The van der Waals surface area contributed by atoms with E-state index in [-0.39, 0.29) is 18.3 Å². The lowest BCUT2D eigenvalue weighted by Gasteiger charge is -2.29. The molecule has 1 aromatic rings. The van der Waals surface area contributed by atoms with Crippen LogP contribution in [-0.4, -0.2) is 30.9 Å². The molecular formula is C17H26Cl2N2O. The van der Waals surface area contributed by atoms with Gasteiger partial charge < -0.3 is 10.2 Å². The lowest BCUT2D eigenvalue weighted by molar-refractivity contribution is -0.131. The zero-order valence-electron chi connectivity index (χ0n) is 13.3. The molecular weight excluding hydrogens is 319 g/mol. The van der Waals surface area contributed by atoms with Gasteiger partial charge in [-0.3, -0.25) is 4.79 Å². The maximum atomic E-state index is 12.4. The Labute approximate surface area is 144 Å². The summed E-state index contributed by atoms with van der Waals surface area (Å²) in [6, 6.07) is 7.70. The SMILES string of the molecule is CC(CC(=O)N(C)Cc1cccc(Cl)c1)C1CCNCC1.Cl. The molecule has 1 aliphatic heterocycles. The van der Waals surface area contributed by atoms with Crippen molar-refractivity contribution in [2.24, 2.45) is 11.8 Å². The van der Waals surface area contributed by atoms with Gasteiger partial charge in [0.2, 0.25) is 5.91 Å². The van der Waals surface area contributed by atoms with E-state index in [0.29, 0.717) is 24.8 Å². The van der Waals surface area contributed by atoms with Crippen molar-refractivity contribution >= 4 is 29.9 Å². The summed E-state index contributed by atoms with van der Waals surface area (Å²) in [7, 11) is 1.87. The summed E-state index contributed by atoms with van der Waals surface area (Å²) < 4.78 is 0. The molecule has 124 valence electrons. The Bertz CT molecular complexity index is 475. The quantitative estimate of drug-likeness (QED) is 0.882. The molecule has 22 heavy (non-hydrogen) atoms. The van der Waals surface area contributed by atoms with Gasteiger partial charge in [-0.2, -0.15) is 0 Å². The molecule has 0 aliphatic carbocycles. The standard InChI is InChI=1S/C17H25ClN2O.ClH/c1-13(15-6-8-19-9-7-15)10-17(21)20(2)12-14-4-3-5-16(18)11-14;/h3-5,11,13,15,19H,6-10,12H2,1-2H3;1H. The highest BCUT2D eigenvalue weighted by atomic mass is 35.5. The molecule has 1 atom stereocenters. The fourth-order valence-corrected chi connectivity index (χ4v) is 3.22. The van der Waals surface area contributed by atoms with Gasteiger partial charge in [0, 0.05) is 25.0 Å². The van der Waals surface area contributed by atoms with Gasteiger partial charge in [0.15, 0.2) is 0 Å². The van der Waals surface area contributed by atoms with E-state index in [9.17, 15) is 4.79 Å². The van der Waals surface area contributed by atoms with Crippen LogP contribution in [0.5, 0.6) is 0 Å². The molecule has 0 saturated carbocycles. The topological polar surface area (TPSA) is 32.3 Å². The molecule has 0 spiro atoms. The van der Waals surface area contributed by atoms with E-state index in [2.05, 4.69) is 12.2 Å². The van der Waals surface area contributed by atoms with E-state index in [0.717, 1.165) is 23.7 Å². The van der Waals surface area contributed by atoms with Crippen molar-refractivity contribution in [2.75, 3.05) is 20.1 Å². The molecule has 1 aliphatic rings. The first kappa shape index (κ1) is 19.3. The summed E-state index contributed by atoms with van der Waals surface area (Å²) in [4.78, 5) is 14.2. The Balaban J connectivity index is 0.00000242. The van der Waals surface area contributed by atoms with Crippen LogP contribution in [0.15, 0.2) is 24.3 Å². The van der Waals surface area contributed by atoms with Crippen molar-refractivity contribution in [1.82, 2.24) is 10.2 Å². The minimum atomic E-state index is 0. The van der Waals surface area contributed by atoms with E-state index in [1.165, 1.54) is 12.8 Å². The molecule has 0 bridgehead atoms. The van der Waals surface area contributed by atoms with Crippen LogP contribution >= 0.6 is 24.0 Å². The van der Waals surface area contributed by atoms with Crippen LogP contribution in [0.2, 0.25) is 5.02 Å². The second kappa shape index (κ2) is 9.39. The molecule has 1 aromatic carbocycles. The lowest BCUT2D eigenvalue weighted by atomic mass is 9.84. The van der Waals surface area contributed by atoms with Gasteiger partial charge in [-0.25, -0.2) is 0 Å². The van der Waals surface area contributed by atoms with Crippen LogP contribution in [0.4, 0.5) is 0 Å². The summed E-state index contributed by atoms with van der Waals surface area (Å²) >= 11 is 5.98. The lowest BCUT2D eigenvalue weighted by Crippen LogP contribution is -2.34. The van der Waals surface area contributed by atoms with E-state index < -0.39 is 0 Å². The van der Waals surface area contributed by atoms with Crippen molar-refractivity contribution in [3.05, 3.63) is 34.9 Å². The highest BCUT2D eigenvalue weighted by Gasteiger charge is 2.23. The number of carbonyl (C=O) groups excluding carboxylic acids is 1. The smallest absolute Gasteiger partial charge is 0.222 e. The number of hydrogen-bond acceptors (Lipinski definition) is 2. The minimum Gasteiger partial charge on any atom is -0.341 e. The number of benzene rings is 1. The average Bonchev–Trinajstić information content (AvgIpc) is 2.48. The van der Waals surface area contributed by atoms with Crippen LogP contribution in [0.3, 0.4) is 0 Å². The van der Waals surface area contributed by atoms with Crippen molar-refractivity contribution in [3.63, 3.8) is 0 Å². The zero-order valence-corrected chi connectivity index (χ0v) is 14.9. The van der Waals surface area contributed by atoms with Crippen molar-refractivity contribution in [3.8, 4) is 0 Å². The third kappa shape index (κ3) is 5.79. The van der Waals surface area contributed by atoms with Crippen LogP contribution in [0, 0.1) is 11.8 Å². The van der Waals surface area contributed by atoms with E-state index >= 15 is 0 Å². The molecule has 1 N–H and O–H groups in total. The third-order valence-electron chi connectivity index (χ3n) is 4.42. The molecule has 0 radical (unpaired) electrons. The fourth-order valence-electron chi connectivity index (χ4n) is 3.01. The second-order valence-electron chi connectivity index (χ2n) is 6.15. The molecule has 1 unspecified atom stereocenters. The second-order valence-corrected chi connectivity index (χ2v) is 6.58. The maximum Gasteiger partial charge on any atom is 0.222 e. The number of nitrogens with one attached hydrogen (secondary N) is 1. The van der Waals surface area contributed by atoms with Gasteiger partial charge in [0.25, 0.3) is 0 Å². The van der Waals surface area contributed by atoms with Gasteiger partial charge in [0.05, 0.1) is 0 Å². The number of carbonyl (C=O) groups is 1. The average molecular weight is 345 g/mol. The summed E-state index contributed by atoms with van der Waals surface area (Å²) in [6.45, 7) is 5.00. The molecule has 1 fully saturated rings. The molecule has 3 nitrogen and oxygen atoms in total. The first-order valence-corrected chi connectivity index (χ1v) is 8.13. The van der Waals surface area contributed by atoms with Crippen molar-refractivity contribution in [1.29, 1.82) is 0 Å². The Kier molecular flexibility index (Phi) is 8.23. The minimum absolute atomic E-state index is 0. The maximum absolute atomic E-state index is 12.4. The molecule has 1 heterocycles.